The number of H-pyrrole nitrogens is 1. The second-order valence-corrected chi connectivity index (χ2v) is 7.90. The van der Waals surface area contributed by atoms with E-state index in [0.29, 0.717) is 24.6 Å². The van der Waals surface area contributed by atoms with Gasteiger partial charge in [-0.1, -0.05) is 6.07 Å². The summed E-state index contributed by atoms with van der Waals surface area (Å²) in [5.41, 5.74) is 4.28. The summed E-state index contributed by atoms with van der Waals surface area (Å²) in [7, 11) is 3.16. The molecule has 0 aliphatic rings. The van der Waals surface area contributed by atoms with Gasteiger partial charge in [-0.25, -0.2) is 4.98 Å². The molecule has 1 unspecified atom stereocenters. The molecule has 0 radical (unpaired) electrons. The first-order chi connectivity index (χ1) is 16.5. The Labute approximate surface area is 197 Å². The molecule has 9 nitrogen and oxygen atoms in total. The van der Waals surface area contributed by atoms with E-state index < -0.39 is 6.10 Å². The molecule has 0 saturated heterocycles. The number of aliphatic hydroxyl groups excluding tert-OH is 1. The number of nitrogens with one attached hydrogen (secondary N) is 2. The van der Waals surface area contributed by atoms with E-state index in [1.54, 1.807) is 50.4 Å². The topological polar surface area (TPSA) is 114 Å². The van der Waals surface area contributed by atoms with E-state index in [1.807, 2.05) is 30.6 Å². The Morgan fingerprint density at radius 1 is 1.21 bits per heavy atom. The first kappa shape index (κ1) is 23.1. The van der Waals surface area contributed by atoms with Crippen molar-refractivity contribution in [2.75, 3.05) is 14.2 Å². The predicted molar refractivity (Wildman–Crippen MR) is 129 cm³/mol. The number of aliphatic hydroxyl groups is 1. The van der Waals surface area contributed by atoms with Crippen molar-refractivity contribution < 1.29 is 19.4 Å². The summed E-state index contributed by atoms with van der Waals surface area (Å²) in [5, 5.41) is 17.6. The molecule has 176 valence electrons. The number of hydrogen-bond acceptors (Lipinski definition) is 6. The monoisotopic (exact) mass is 461 g/mol. The summed E-state index contributed by atoms with van der Waals surface area (Å²) in [5.74, 6) is 1.04. The van der Waals surface area contributed by atoms with Crippen LogP contribution in [0.3, 0.4) is 0 Å². The Kier molecular flexibility index (Phi) is 6.93. The third-order valence-electron chi connectivity index (χ3n) is 5.31. The zero-order valence-electron chi connectivity index (χ0n) is 19.3. The number of amides is 1. The molecule has 1 amide bonds. The number of nitrogens with zero attached hydrogens (tertiary/aromatic N) is 3. The molecule has 0 aliphatic carbocycles. The lowest BCUT2D eigenvalue weighted by molar-refractivity contribution is -0.116. The molecule has 0 spiro atoms. The van der Waals surface area contributed by atoms with Gasteiger partial charge >= 0.3 is 0 Å². The number of methoxy groups -OCH3 is 2. The SMILES string of the molecule is COc1ccc(CNC(=O)/C=C/c2c[nH]c3ncc(-c4cnn(CC(C)O)c4)cc23)cc1OC. The molecule has 3 aromatic heterocycles. The standard InChI is InChI=1S/C25H27N5O4/c1-16(31)14-30-15-20(13-29-30)19-9-21-18(11-27-25(21)28-12-19)5-7-24(32)26-10-17-4-6-22(33-2)23(8-17)34-3/h4-9,11-13,15-16,31H,10,14H2,1-3H3,(H,26,32)(H,27,28)/b7-5+. The molecule has 34 heavy (non-hydrogen) atoms. The average molecular weight is 462 g/mol. The molecule has 3 heterocycles. The molecule has 9 heteroatoms. The fourth-order valence-corrected chi connectivity index (χ4v) is 3.61. The van der Waals surface area contributed by atoms with Gasteiger partial charge in [0.05, 0.1) is 33.1 Å². The number of pyridine rings is 1. The number of aromatic nitrogens is 4. The summed E-state index contributed by atoms with van der Waals surface area (Å²) < 4.78 is 12.2. The molecule has 0 aliphatic heterocycles. The zero-order valence-corrected chi connectivity index (χ0v) is 19.3. The highest BCUT2D eigenvalue weighted by Gasteiger charge is 2.09. The van der Waals surface area contributed by atoms with E-state index in [2.05, 4.69) is 20.4 Å². The van der Waals surface area contributed by atoms with Gasteiger partial charge in [-0.15, -0.1) is 0 Å². The van der Waals surface area contributed by atoms with Crippen molar-refractivity contribution in [2.45, 2.75) is 26.1 Å². The smallest absolute Gasteiger partial charge is 0.244 e. The number of benzene rings is 1. The fourth-order valence-electron chi connectivity index (χ4n) is 3.61. The van der Waals surface area contributed by atoms with E-state index in [9.17, 15) is 9.90 Å². The number of hydrogen-bond donors (Lipinski definition) is 3. The molecule has 0 saturated carbocycles. The third kappa shape index (κ3) is 5.26. The molecule has 3 N–H and O–H groups in total. The van der Waals surface area contributed by atoms with Crippen molar-refractivity contribution in [1.29, 1.82) is 0 Å². The van der Waals surface area contributed by atoms with E-state index in [4.69, 9.17) is 9.47 Å². The highest BCUT2D eigenvalue weighted by Crippen LogP contribution is 2.28. The number of carbonyl (C=O) groups excluding carboxylic acids is 1. The van der Waals surface area contributed by atoms with Crippen LogP contribution in [-0.2, 0) is 17.9 Å². The van der Waals surface area contributed by atoms with Crippen LogP contribution in [0.1, 0.15) is 18.1 Å². The van der Waals surface area contributed by atoms with E-state index >= 15 is 0 Å². The van der Waals surface area contributed by atoms with Crippen molar-refractivity contribution in [2.24, 2.45) is 0 Å². The van der Waals surface area contributed by atoms with Gasteiger partial charge in [0.2, 0.25) is 5.91 Å². The summed E-state index contributed by atoms with van der Waals surface area (Å²) >= 11 is 0. The minimum atomic E-state index is -0.479. The van der Waals surface area contributed by atoms with Crippen molar-refractivity contribution in [3.05, 3.63) is 66.3 Å². The summed E-state index contributed by atoms with van der Waals surface area (Å²) in [4.78, 5) is 20.0. The molecule has 4 rings (SSSR count). The van der Waals surface area contributed by atoms with Crippen molar-refractivity contribution in [3.8, 4) is 22.6 Å². The minimum absolute atomic E-state index is 0.215. The van der Waals surface area contributed by atoms with Crippen molar-refractivity contribution >= 4 is 23.0 Å². The van der Waals surface area contributed by atoms with Crippen molar-refractivity contribution in [3.63, 3.8) is 0 Å². The minimum Gasteiger partial charge on any atom is -0.493 e. The third-order valence-corrected chi connectivity index (χ3v) is 5.31. The first-order valence-corrected chi connectivity index (χ1v) is 10.8. The molecule has 1 atom stereocenters. The molecule has 4 aromatic rings. The lowest BCUT2D eigenvalue weighted by atomic mass is 10.1. The van der Waals surface area contributed by atoms with Crippen LogP contribution < -0.4 is 14.8 Å². The summed E-state index contributed by atoms with van der Waals surface area (Å²) in [6.07, 6.45) is 9.98. The van der Waals surface area contributed by atoms with Crippen LogP contribution in [0, 0.1) is 0 Å². The summed E-state index contributed by atoms with van der Waals surface area (Å²) in [6.45, 7) is 2.50. The molecular weight excluding hydrogens is 434 g/mol. The van der Waals surface area contributed by atoms with Gasteiger partial charge in [-0.2, -0.15) is 5.10 Å². The van der Waals surface area contributed by atoms with Crippen LogP contribution in [-0.4, -0.2) is 51.1 Å². The number of ether oxygens (including phenoxy) is 2. The van der Waals surface area contributed by atoms with Gasteiger partial charge < -0.3 is 24.9 Å². The van der Waals surface area contributed by atoms with Gasteiger partial charge in [-0.05, 0) is 36.8 Å². The molecule has 0 bridgehead atoms. The van der Waals surface area contributed by atoms with Gasteiger partial charge in [0.25, 0.3) is 0 Å². The van der Waals surface area contributed by atoms with Crippen LogP contribution in [0.2, 0.25) is 0 Å². The van der Waals surface area contributed by atoms with Crippen molar-refractivity contribution in [1.82, 2.24) is 25.1 Å². The van der Waals surface area contributed by atoms with E-state index in [1.165, 1.54) is 6.08 Å². The van der Waals surface area contributed by atoms with E-state index in [-0.39, 0.29) is 5.91 Å². The zero-order chi connectivity index (χ0) is 24.1. The van der Waals surface area contributed by atoms with E-state index in [0.717, 1.165) is 33.3 Å². The number of aromatic amines is 1. The lowest BCUT2D eigenvalue weighted by Crippen LogP contribution is -2.20. The maximum Gasteiger partial charge on any atom is 0.244 e. The fraction of sp³-hybridized carbons (Fsp3) is 0.240. The molecular formula is C25H27N5O4. The second-order valence-electron chi connectivity index (χ2n) is 7.90. The quantitative estimate of drug-likeness (QED) is 0.330. The Morgan fingerprint density at radius 3 is 2.79 bits per heavy atom. The van der Waals surface area contributed by atoms with Crippen LogP contribution in [0.4, 0.5) is 0 Å². The van der Waals surface area contributed by atoms with Crippen LogP contribution in [0.15, 0.2) is 55.1 Å². The maximum absolute atomic E-state index is 12.4. The lowest BCUT2D eigenvalue weighted by Gasteiger charge is -2.09. The maximum atomic E-state index is 12.4. The Hall–Kier alpha value is -4.11. The predicted octanol–water partition coefficient (Wildman–Crippen LogP) is 3.15. The van der Waals surface area contributed by atoms with Crippen LogP contribution in [0.5, 0.6) is 11.5 Å². The highest BCUT2D eigenvalue weighted by molar-refractivity contribution is 5.96. The normalized spacial score (nSPS) is 12.2. The summed E-state index contributed by atoms with van der Waals surface area (Å²) in [6, 6.07) is 7.52. The Balaban J connectivity index is 1.45. The van der Waals surface area contributed by atoms with Gasteiger partial charge in [0, 0.05) is 53.3 Å². The van der Waals surface area contributed by atoms with Gasteiger partial charge in [0.15, 0.2) is 11.5 Å². The number of fused-ring (bicyclic) bond motifs is 1. The highest BCUT2D eigenvalue weighted by atomic mass is 16.5. The van der Waals surface area contributed by atoms with Gasteiger partial charge in [-0.3, -0.25) is 9.48 Å². The number of carbonyl (C=O) groups is 1. The first-order valence-electron chi connectivity index (χ1n) is 10.8. The van der Waals surface area contributed by atoms with Gasteiger partial charge in [0.1, 0.15) is 5.65 Å². The number of rotatable bonds is 9. The average Bonchev–Trinajstić information content (AvgIpc) is 3.47. The molecule has 1 aromatic carbocycles. The Morgan fingerprint density at radius 2 is 2.03 bits per heavy atom. The second kappa shape index (κ2) is 10.2. The van der Waals surface area contributed by atoms with Crippen LogP contribution in [0.25, 0.3) is 28.2 Å². The Bertz CT molecular complexity index is 1320. The largest absolute Gasteiger partial charge is 0.493 e. The van der Waals surface area contributed by atoms with Crippen LogP contribution >= 0.6 is 0 Å². The molecule has 0 fully saturated rings.